The molecule has 0 bridgehead atoms. The molecule has 0 unspecified atom stereocenters. The smallest absolute Gasteiger partial charge is 0.229 e. The van der Waals surface area contributed by atoms with E-state index in [-0.39, 0.29) is 25.6 Å². The summed E-state index contributed by atoms with van der Waals surface area (Å²) < 4.78 is 5.40. The van der Waals surface area contributed by atoms with Crippen LogP contribution in [0.4, 0.5) is 17.5 Å². The maximum atomic E-state index is 8.86. The number of aromatic nitrogens is 2. The summed E-state index contributed by atoms with van der Waals surface area (Å²) in [5, 5.41) is 17.3. The molecule has 1 saturated carbocycles. The van der Waals surface area contributed by atoms with E-state index in [1.165, 1.54) is 19.3 Å². The summed E-state index contributed by atoms with van der Waals surface area (Å²) >= 11 is 6.23. The van der Waals surface area contributed by atoms with Crippen molar-refractivity contribution in [2.45, 2.75) is 38.1 Å². The summed E-state index contributed by atoms with van der Waals surface area (Å²) in [6.07, 6.45) is 6.11. The second-order valence-corrected chi connectivity index (χ2v) is 7.69. The molecule has 0 radical (unpaired) electrons. The van der Waals surface area contributed by atoms with Gasteiger partial charge in [0.1, 0.15) is 18.2 Å². The first kappa shape index (κ1) is 22.4. The van der Waals surface area contributed by atoms with Crippen molar-refractivity contribution in [2.75, 3.05) is 23.8 Å². The third-order valence-electron chi connectivity index (χ3n) is 5.07. The van der Waals surface area contributed by atoms with Crippen LogP contribution >= 0.6 is 24.0 Å². The number of halogens is 2. The standard InChI is InChI=1S/C22H25ClN4O2.ClH/c23-15-6-11-20-19(14-15)21(24-16-4-2-1-3-5-16)27-22(26-20)25-17-7-9-18(10-8-17)29-13-12-28;/h6-11,14,16,28H,1-5,12-13H2,(H2,24,25,26,27);1H. The summed E-state index contributed by atoms with van der Waals surface area (Å²) in [6.45, 7) is 0.269. The van der Waals surface area contributed by atoms with Crippen LogP contribution in [0.5, 0.6) is 5.75 Å². The maximum absolute atomic E-state index is 8.86. The second-order valence-electron chi connectivity index (χ2n) is 7.26. The molecule has 0 saturated heterocycles. The van der Waals surface area contributed by atoms with E-state index < -0.39 is 0 Å². The van der Waals surface area contributed by atoms with Crippen molar-refractivity contribution in [3.8, 4) is 5.75 Å². The SMILES string of the molecule is Cl.OCCOc1ccc(Nc2nc(NC3CCCCC3)c3cc(Cl)ccc3n2)cc1. The molecular formula is C22H26Cl2N4O2. The highest BCUT2D eigenvalue weighted by Crippen LogP contribution is 2.29. The van der Waals surface area contributed by atoms with Gasteiger partial charge < -0.3 is 20.5 Å². The van der Waals surface area contributed by atoms with E-state index in [9.17, 15) is 0 Å². The molecule has 1 heterocycles. The third-order valence-corrected chi connectivity index (χ3v) is 5.31. The number of anilines is 3. The van der Waals surface area contributed by atoms with Gasteiger partial charge >= 0.3 is 0 Å². The Balaban J connectivity index is 0.00000256. The van der Waals surface area contributed by atoms with Crippen LogP contribution in [0.25, 0.3) is 10.9 Å². The lowest BCUT2D eigenvalue weighted by atomic mass is 9.95. The van der Waals surface area contributed by atoms with Gasteiger partial charge in [0.25, 0.3) is 0 Å². The molecule has 0 amide bonds. The summed E-state index contributed by atoms with van der Waals surface area (Å²) in [5.41, 5.74) is 1.70. The van der Waals surface area contributed by atoms with E-state index in [1.807, 2.05) is 42.5 Å². The largest absolute Gasteiger partial charge is 0.491 e. The van der Waals surface area contributed by atoms with Crippen LogP contribution in [0, 0.1) is 0 Å². The van der Waals surface area contributed by atoms with E-state index in [2.05, 4.69) is 15.6 Å². The molecule has 30 heavy (non-hydrogen) atoms. The fourth-order valence-corrected chi connectivity index (χ4v) is 3.81. The van der Waals surface area contributed by atoms with Crippen molar-refractivity contribution in [1.29, 1.82) is 0 Å². The first-order valence-electron chi connectivity index (χ1n) is 10.1. The molecular weight excluding hydrogens is 423 g/mol. The summed E-state index contributed by atoms with van der Waals surface area (Å²) in [6, 6.07) is 13.6. The average molecular weight is 449 g/mol. The van der Waals surface area contributed by atoms with Gasteiger partial charge in [-0.05, 0) is 55.3 Å². The Morgan fingerprint density at radius 2 is 1.80 bits per heavy atom. The number of ether oxygens (including phenoxy) is 1. The molecule has 1 aliphatic rings. The maximum Gasteiger partial charge on any atom is 0.229 e. The topological polar surface area (TPSA) is 79.3 Å². The number of nitrogens with zero attached hydrogens (tertiary/aromatic N) is 2. The minimum Gasteiger partial charge on any atom is -0.491 e. The molecule has 0 spiro atoms. The van der Waals surface area contributed by atoms with Crippen LogP contribution in [0.2, 0.25) is 5.02 Å². The number of aliphatic hydroxyl groups excluding tert-OH is 1. The van der Waals surface area contributed by atoms with E-state index in [1.54, 1.807) is 0 Å². The number of hydrogen-bond donors (Lipinski definition) is 3. The Hall–Kier alpha value is -2.28. The van der Waals surface area contributed by atoms with Crippen molar-refractivity contribution in [3.05, 3.63) is 47.5 Å². The van der Waals surface area contributed by atoms with Crippen LogP contribution in [0.15, 0.2) is 42.5 Å². The molecule has 160 valence electrons. The molecule has 1 fully saturated rings. The Kier molecular flexibility index (Phi) is 7.96. The predicted molar refractivity (Wildman–Crippen MR) is 125 cm³/mol. The van der Waals surface area contributed by atoms with Crippen molar-refractivity contribution in [3.63, 3.8) is 0 Å². The highest BCUT2D eigenvalue weighted by atomic mass is 35.5. The first-order valence-corrected chi connectivity index (χ1v) is 10.4. The number of nitrogens with one attached hydrogen (secondary N) is 2. The molecule has 2 aromatic carbocycles. The lowest BCUT2D eigenvalue weighted by Crippen LogP contribution is -2.23. The van der Waals surface area contributed by atoms with Crippen LogP contribution in [0.1, 0.15) is 32.1 Å². The van der Waals surface area contributed by atoms with E-state index in [0.29, 0.717) is 22.8 Å². The van der Waals surface area contributed by atoms with E-state index in [4.69, 9.17) is 26.4 Å². The minimum atomic E-state index is -0.00822. The molecule has 1 aliphatic carbocycles. The normalized spacial score (nSPS) is 14.2. The summed E-state index contributed by atoms with van der Waals surface area (Å²) in [4.78, 5) is 9.40. The minimum absolute atomic E-state index is 0. The lowest BCUT2D eigenvalue weighted by Gasteiger charge is -2.24. The van der Waals surface area contributed by atoms with Gasteiger partial charge in [-0.1, -0.05) is 30.9 Å². The van der Waals surface area contributed by atoms with Gasteiger partial charge in [-0.25, -0.2) is 4.98 Å². The van der Waals surface area contributed by atoms with E-state index in [0.717, 1.165) is 35.2 Å². The predicted octanol–water partition coefficient (Wildman–Crippen LogP) is 5.56. The zero-order valence-electron chi connectivity index (χ0n) is 16.6. The number of rotatable bonds is 7. The first-order chi connectivity index (χ1) is 14.2. The average Bonchev–Trinajstić information content (AvgIpc) is 2.74. The number of fused-ring (bicyclic) bond motifs is 1. The van der Waals surface area contributed by atoms with Crippen LogP contribution in [-0.4, -0.2) is 34.3 Å². The Labute approximate surface area is 187 Å². The summed E-state index contributed by atoms with van der Waals surface area (Å²) in [5.74, 6) is 2.05. The fraction of sp³-hybridized carbons (Fsp3) is 0.364. The zero-order chi connectivity index (χ0) is 20.1. The van der Waals surface area contributed by atoms with Crippen LogP contribution < -0.4 is 15.4 Å². The molecule has 1 aromatic heterocycles. The van der Waals surface area contributed by atoms with Gasteiger partial charge in [0.2, 0.25) is 5.95 Å². The van der Waals surface area contributed by atoms with Crippen molar-refractivity contribution < 1.29 is 9.84 Å². The van der Waals surface area contributed by atoms with Gasteiger partial charge in [0, 0.05) is 22.1 Å². The van der Waals surface area contributed by atoms with Crippen LogP contribution in [0.3, 0.4) is 0 Å². The molecule has 8 heteroatoms. The Bertz CT molecular complexity index is 963. The highest BCUT2D eigenvalue weighted by Gasteiger charge is 2.16. The quantitative estimate of drug-likeness (QED) is 0.438. The van der Waals surface area contributed by atoms with Gasteiger partial charge in [-0.2, -0.15) is 4.98 Å². The van der Waals surface area contributed by atoms with E-state index >= 15 is 0 Å². The lowest BCUT2D eigenvalue weighted by molar-refractivity contribution is 0.201. The molecule has 3 aromatic rings. The Morgan fingerprint density at radius 3 is 2.53 bits per heavy atom. The Morgan fingerprint density at radius 1 is 1.03 bits per heavy atom. The van der Waals surface area contributed by atoms with Crippen molar-refractivity contribution in [2.24, 2.45) is 0 Å². The monoisotopic (exact) mass is 448 g/mol. The highest BCUT2D eigenvalue weighted by molar-refractivity contribution is 6.31. The molecule has 4 rings (SSSR count). The molecule has 0 aliphatic heterocycles. The van der Waals surface area contributed by atoms with Gasteiger partial charge in [-0.15, -0.1) is 12.4 Å². The van der Waals surface area contributed by atoms with Gasteiger partial charge in [-0.3, -0.25) is 0 Å². The third kappa shape index (κ3) is 5.65. The molecule has 3 N–H and O–H groups in total. The fourth-order valence-electron chi connectivity index (χ4n) is 3.63. The van der Waals surface area contributed by atoms with Gasteiger partial charge in [0.15, 0.2) is 0 Å². The number of aliphatic hydroxyl groups is 1. The molecule has 0 atom stereocenters. The van der Waals surface area contributed by atoms with Crippen LogP contribution in [-0.2, 0) is 0 Å². The van der Waals surface area contributed by atoms with Crippen molar-refractivity contribution in [1.82, 2.24) is 9.97 Å². The second kappa shape index (κ2) is 10.7. The molecule has 6 nitrogen and oxygen atoms in total. The number of hydrogen-bond acceptors (Lipinski definition) is 6. The summed E-state index contributed by atoms with van der Waals surface area (Å²) in [7, 11) is 0. The van der Waals surface area contributed by atoms with Gasteiger partial charge in [0.05, 0.1) is 12.1 Å². The number of benzene rings is 2. The van der Waals surface area contributed by atoms with Crippen molar-refractivity contribution >= 4 is 52.4 Å². The zero-order valence-corrected chi connectivity index (χ0v) is 18.2.